The summed E-state index contributed by atoms with van der Waals surface area (Å²) in [5.41, 5.74) is 0.945. The van der Waals surface area contributed by atoms with Crippen LogP contribution in [0.1, 0.15) is 5.56 Å². The van der Waals surface area contributed by atoms with Crippen molar-refractivity contribution >= 4 is 27.7 Å². The zero-order valence-corrected chi connectivity index (χ0v) is 12.7. The van der Waals surface area contributed by atoms with E-state index in [1.807, 2.05) is 30.3 Å². The highest BCUT2D eigenvalue weighted by Gasteiger charge is 2.08. The first-order valence-electron chi connectivity index (χ1n) is 5.98. The van der Waals surface area contributed by atoms with E-state index in [9.17, 15) is 10.2 Å². The van der Waals surface area contributed by atoms with Gasteiger partial charge in [-0.25, -0.2) is 0 Å². The van der Waals surface area contributed by atoms with Gasteiger partial charge in [0.25, 0.3) is 0 Å². The third-order valence-corrected chi connectivity index (χ3v) is 4.82. The van der Waals surface area contributed by atoms with E-state index in [-0.39, 0.29) is 5.75 Å². The molecule has 0 radical (unpaired) electrons. The zero-order valence-electron chi connectivity index (χ0n) is 10.3. The Morgan fingerprint density at radius 3 is 2.63 bits per heavy atom. The Hall–Kier alpha value is -0.970. The Bertz CT molecular complexity index is 545. The molecule has 0 heterocycles. The summed E-state index contributed by atoms with van der Waals surface area (Å²) in [6.45, 7) is 0. The van der Waals surface area contributed by atoms with Gasteiger partial charge in [-0.05, 0) is 52.2 Å². The molecule has 0 aliphatic carbocycles. The van der Waals surface area contributed by atoms with E-state index in [0.29, 0.717) is 12.2 Å². The van der Waals surface area contributed by atoms with E-state index >= 15 is 0 Å². The van der Waals surface area contributed by atoms with Crippen LogP contribution in [0.4, 0.5) is 0 Å². The molecule has 0 bridgehead atoms. The number of rotatable bonds is 5. The summed E-state index contributed by atoms with van der Waals surface area (Å²) in [7, 11) is 0. The molecule has 0 fully saturated rings. The van der Waals surface area contributed by atoms with Gasteiger partial charge in [-0.3, -0.25) is 0 Å². The van der Waals surface area contributed by atoms with Gasteiger partial charge in [0.2, 0.25) is 0 Å². The molecule has 0 aliphatic heterocycles. The van der Waals surface area contributed by atoms with Gasteiger partial charge in [0.1, 0.15) is 5.75 Å². The van der Waals surface area contributed by atoms with Crippen LogP contribution in [-0.4, -0.2) is 22.1 Å². The van der Waals surface area contributed by atoms with Crippen LogP contribution >= 0.6 is 27.7 Å². The highest BCUT2D eigenvalue weighted by Crippen LogP contribution is 2.28. The maximum absolute atomic E-state index is 10.0. The van der Waals surface area contributed by atoms with Gasteiger partial charge in [-0.1, -0.05) is 24.3 Å². The number of benzene rings is 2. The van der Waals surface area contributed by atoms with Gasteiger partial charge in [0, 0.05) is 15.1 Å². The van der Waals surface area contributed by atoms with Crippen LogP contribution in [0.15, 0.2) is 57.9 Å². The first-order chi connectivity index (χ1) is 9.15. The number of aromatic hydroxyl groups is 1. The number of phenolic OH excluding ortho intramolecular Hbond substituents is 1. The van der Waals surface area contributed by atoms with Crippen LogP contribution in [-0.2, 0) is 6.42 Å². The van der Waals surface area contributed by atoms with Gasteiger partial charge >= 0.3 is 0 Å². The van der Waals surface area contributed by atoms with Crippen LogP contribution in [0.2, 0.25) is 0 Å². The molecule has 2 rings (SSSR count). The van der Waals surface area contributed by atoms with Crippen molar-refractivity contribution in [2.75, 3.05) is 5.75 Å². The number of aliphatic hydroxyl groups is 1. The average Bonchev–Trinajstić information content (AvgIpc) is 2.38. The number of hydrogen-bond acceptors (Lipinski definition) is 3. The second-order valence-corrected chi connectivity index (χ2v) is 6.19. The highest BCUT2D eigenvalue weighted by atomic mass is 79.9. The monoisotopic (exact) mass is 338 g/mol. The molecule has 19 heavy (non-hydrogen) atoms. The maximum Gasteiger partial charge on any atom is 0.115 e. The molecular formula is C15H15BrO2S. The Morgan fingerprint density at radius 1 is 1.11 bits per heavy atom. The van der Waals surface area contributed by atoms with Crippen molar-refractivity contribution in [3.63, 3.8) is 0 Å². The van der Waals surface area contributed by atoms with Crippen LogP contribution in [0.5, 0.6) is 5.75 Å². The summed E-state index contributed by atoms with van der Waals surface area (Å²) < 4.78 is 1.05. The van der Waals surface area contributed by atoms with Gasteiger partial charge in [-0.2, -0.15) is 0 Å². The molecule has 100 valence electrons. The largest absolute Gasteiger partial charge is 0.508 e. The number of hydrogen-bond donors (Lipinski definition) is 2. The van der Waals surface area contributed by atoms with Gasteiger partial charge in [-0.15, -0.1) is 11.8 Å². The molecular weight excluding hydrogens is 324 g/mol. The van der Waals surface area contributed by atoms with E-state index in [2.05, 4.69) is 15.9 Å². The van der Waals surface area contributed by atoms with Gasteiger partial charge in [0.05, 0.1) is 6.10 Å². The van der Waals surface area contributed by atoms with Crippen LogP contribution in [0.3, 0.4) is 0 Å². The van der Waals surface area contributed by atoms with Crippen molar-refractivity contribution < 1.29 is 10.2 Å². The molecule has 4 heteroatoms. The molecule has 1 atom stereocenters. The summed E-state index contributed by atoms with van der Waals surface area (Å²) in [6.07, 6.45) is 0.116. The standard InChI is InChI=1S/C15H15BrO2S/c16-14-6-1-2-7-15(14)19-10-13(18)9-11-4-3-5-12(17)8-11/h1-8,13,17-18H,9-10H2. The average molecular weight is 339 g/mol. The van der Waals surface area contributed by atoms with Crippen molar-refractivity contribution in [1.29, 1.82) is 0 Å². The second-order valence-electron chi connectivity index (χ2n) is 4.27. The lowest BCUT2D eigenvalue weighted by Crippen LogP contribution is -2.13. The minimum atomic E-state index is -0.432. The molecule has 0 amide bonds. The summed E-state index contributed by atoms with van der Waals surface area (Å²) >= 11 is 5.11. The lowest BCUT2D eigenvalue weighted by molar-refractivity contribution is 0.200. The lowest BCUT2D eigenvalue weighted by Gasteiger charge is -2.11. The Morgan fingerprint density at radius 2 is 1.89 bits per heavy atom. The number of halogens is 1. The quantitative estimate of drug-likeness (QED) is 0.813. The smallest absolute Gasteiger partial charge is 0.115 e. The van der Waals surface area contributed by atoms with Gasteiger partial charge < -0.3 is 10.2 Å². The molecule has 0 aliphatic rings. The van der Waals surface area contributed by atoms with Crippen molar-refractivity contribution in [2.24, 2.45) is 0 Å². The molecule has 0 saturated carbocycles. The fourth-order valence-corrected chi connectivity index (χ4v) is 3.26. The number of thioether (sulfide) groups is 1. The predicted octanol–water partition coefficient (Wildman–Crippen LogP) is 3.85. The SMILES string of the molecule is Oc1cccc(CC(O)CSc2ccccc2Br)c1. The maximum atomic E-state index is 10.0. The Balaban J connectivity index is 1.88. The molecule has 2 nitrogen and oxygen atoms in total. The molecule has 0 saturated heterocycles. The Kier molecular flexibility index (Phi) is 5.31. The zero-order chi connectivity index (χ0) is 13.7. The predicted molar refractivity (Wildman–Crippen MR) is 82.7 cm³/mol. The van der Waals surface area contributed by atoms with Crippen LogP contribution in [0.25, 0.3) is 0 Å². The third kappa shape index (κ3) is 4.56. The number of phenols is 1. The fraction of sp³-hybridized carbons (Fsp3) is 0.200. The lowest BCUT2D eigenvalue weighted by atomic mass is 10.1. The first-order valence-corrected chi connectivity index (χ1v) is 7.76. The normalized spacial score (nSPS) is 12.3. The molecule has 0 aromatic heterocycles. The third-order valence-electron chi connectivity index (χ3n) is 2.65. The van der Waals surface area contributed by atoms with E-state index in [0.717, 1.165) is 14.9 Å². The van der Waals surface area contributed by atoms with Crippen molar-refractivity contribution in [1.82, 2.24) is 0 Å². The summed E-state index contributed by atoms with van der Waals surface area (Å²) in [5, 5.41) is 19.4. The molecule has 2 aromatic rings. The fourth-order valence-electron chi connectivity index (χ4n) is 1.76. The van der Waals surface area contributed by atoms with E-state index < -0.39 is 6.10 Å². The van der Waals surface area contributed by atoms with E-state index in [1.54, 1.807) is 30.0 Å². The number of aliphatic hydroxyl groups excluding tert-OH is 1. The van der Waals surface area contributed by atoms with E-state index in [4.69, 9.17) is 0 Å². The molecule has 2 aromatic carbocycles. The van der Waals surface area contributed by atoms with Crippen molar-refractivity contribution in [2.45, 2.75) is 17.4 Å². The first kappa shape index (κ1) is 14.4. The van der Waals surface area contributed by atoms with Crippen LogP contribution < -0.4 is 0 Å². The molecule has 2 N–H and O–H groups in total. The molecule has 1 unspecified atom stereocenters. The minimum Gasteiger partial charge on any atom is -0.508 e. The topological polar surface area (TPSA) is 40.5 Å². The van der Waals surface area contributed by atoms with Crippen molar-refractivity contribution in [3.8, 4) is 5.75 Å². The van der Waals surface area contributed by atoms with Crippen molar-refractivity contribution in [3.05, 3.63) is 58.6 Å². The summed E-state index contributed by atoms with van der Waals surface area (Å²) in [5.74, 6) is 0.862. The molecule has 0 spiro atoms. The second kappa shape index (κ2) is 6.98. The highest BCUT2D eigenvalue weighted by molar-refractivity contribution is 9.10. The summed E-state index contributed by atoms with van der Waals surface area (Å²) in [6, 6.07) is 15.0. The van der Waals surface area contributed by atoms with E-state index in [1.165, 1.54) is 0 Å². The Labute approximate surface area is 125 Å². The van der Waals surface area contributed by atoms with Gasteiger partial charge in [0.15, 0.2) is 0 Å². The minimum absolute atomic E-state index is 0.239. The van der Waals surface area contributed by atoms with Crippen LogP contribution in [0, 0.1) is 0 Å². The summed E-state index contributed by atoms with van der Waals surface area (Å²) in [4.78, 5) is 1.12.